The number of hydrogen-bond donors (Lipinski definition) is 1. The Balaban J connectivity index is 1.35. The molecule has 5 rings (SSSR count). The van der Waals surface area contributed by atoms with Crippen LogP contribution in [0.4, 0.5) is 9.18 Å². The van der Waals surface area contributed by atoms with Crippen molar-refractivity contribution >= 4 is 22.8 Å². The van der Waals surface area contributed by atoms with Gasteiger partial charge in [0.05, 0.1) is 13.7 Å². The first-order valence-corrected chi connectivity index (χ1v) is 11.2. The van der Waals surface area contributed by atoms with Crippen molar-refractivity contribution in [3.63, 3.8) is 0 Å². The van der Waals surface area contributed by atoms with Gasteiger partial charge in [-0.25, -0.2) is 9.18 Å². The fourth-order valence-electron chi connectivity index (χ4n) is 5.32. The van der Waals surface area contributed by atoms with Crippen LogP contribution in [-0.4, -0.2) is 95.5 Å². The molecular formula is C23H30FN5O3. The van der Waals surface area contributed by atoms with Crippen molar-refractivity contribution in [1.29, 1.82) is 0 Å². The van der Waals surface area contributed by atoms with E-state index in [4.69, 9.17) is 4.74 Å². The van der Waals surface area contributed by atoms with Crippen LogP contribution < -0.4 is 4.74 Å². The fourth-order valence-corrected chi connectivity index (χ4v) is 5.32. The Hall–Kier alpha value is -2.65. The van der Waals surface area contributed by atoms with Crippen LogP contribution in [0, 0.1) is 5.82 Å². The first kappa shape index (κ1) is 21.2. The highest BCUT2D eigenvalue weighted by molar-refractivity contribution is 6.07. The first-order valence-electron chi connectivity index (χ1n) is 11.2. The van der Waals surface area contributed by atoms with Crippen molar-refractivity contribution in [1.82, 2.24) is 24.6 Å². The van der Waals surface area contributed by atoms with Gasteiger partial charge in [0.2, 0.25) is 0 Å². The number of urea groups is 1. The molecule has 0 unspecified atom stereocenters. The Kier molecular flexibility index (Phi) is 5.13. The van der Waals surface area contributed by atoms with Gasteiger partial charge in [0, 0.05) is 55.7 Å². The molecule has 8 nitrogen and oxygen atoms in total. The van der Waals surface area contributed by atoms with E-state index in [0.29, 0.717) is 17.4 Å². The molecule has 1 N–H and O–H groups in total. The van der Waals surface area contributed by atoms with Gasteiger partial charge in [-0.3, -0.25) is 9.69 Å². The summed E-state index contributed by atoms with van der Waals surface area (Å²) in [5.74, 6) is -0.448. The molecule has 1 aromatic carbocycles. The number of H-pyrrole nitrogens is 1. The molecule has 3 aliphatic rings. The van der Waals surface area contributed by atoms with E-state index in [1.807, 2.05) is 0 Å². The number of ether oxygens (including phenoxy) is 1. The number of hydrogen-bond acceptors (Lipinski definition) is 5. The standard InChI is InChI=1S/C23H30FN5O3/c1-23-13-15-17(25-16-5-6-18(32-3)20(24)19(15)16)14-29(23)22(31)28(21(23)30)8-4-7-27-11-9-26(2)10-12-27/h5-6,25H,4,7-14H2,1-3H3/t23-/m0/s1. The van der Waals surface area contributed by atoms with Crippen molar-refractivity contribution in [2.24, 2.45) is 0 Å². The summed E-state index contributed by atoms with van der Waals surface area (Å²) in [5.41, 5.74) is 1.20. The molecule has 2 saturated heterocycles. The van der Waals surface area contributed by atoms with Crippen LogP contribution in [-0.2, 0) is 17.8 Å². The van der Waals surface area contributed by atoms with Gasteiger partial charge < -0.3 is 24.4 Å². The number of aromatic nitrogens is 1. The Bertz CT molecular complexity index is 1080. The Morgan fingerprint density at radius 2 is 1.91 bits per heavy atom. The monoisotopic (exact) mass is 443 g/mol. The van der Waals surface area contributed by atoms with Crippen LogP contribution in [0.1, 0.15) is 24.6 Å². The number of halogens is 1. The highest BCUT2D eigenvalue weighted by Crippen LogP contribution is 2.42. The molecule has 0 aliphatic carbocycles. The minimum atomic E-state index is -0.997. The second-order valence-electron chi connectivity index (χ2n) is 9.36. The summed E-state index contributed by atoms with van der Waals surface area (Å²) < 4.78 is 20.2. The van der Waals surface area contributed by atoms with E-state index in [1.165, 1.54) is 12.0 Å². The van der Waals surface area contributed by atoms with Crippen molar-refractivity contribution < 1.29 is 18.7 Å². The molecule has 0 saturated carbocycles. The normalized spacial score (nSPS) is 24.4. The van der Waals surface area contributed by atoms with Gasteiger partial charge in [0.1, 0.15) is 5.54 Å². The van der Waals surface area contributed by atoms with Crippen molar-refractivity contribution in [2.75, 3.05) is 53.4 Å². The minimum Gasteiger partial charge on any atom is -0.494 e. The summed E-state index contributed by atoms with van der Waals surface area (Å²) >= 11 is 0. The number of benzene rings is 1. The lowest BCUT2D eigenvalue weighted by Crippen LogP contribution is -2.51. The Labute approximate surface area is 186 Å². The van der Waals surface area contributed by atoms with Crippen LogP contribution in [0.15, 0.2) is 12.1 Å². The van der Waals surface area contributed by atoms with Crippen LogP contribution in [0.5, 0.6) is 5.75 Å². The molecule has 2 aromatic rings. The number of nitrogens with zero attached hydrogens (tertiary/aromatic N) is 4. The Morgan fingerprint density at radius 1 is 1.16 bits per heavy atom. The highest BCUT2D eigenvalue weighted by Gasteiger charge is 2.56. The molecule has 3 amide bonds. The summed E-state index contributed by atoms with van der Waals surface area (Å²) in [6.45, 7) is 7.46. The lowest BCUT2D eigenvalue weighted by Gasteiger charge is -2.35. The highest BCUT2D eigenvalue weighted by atomic mass is 19.1. The number of nitrogens with one attached hydrogen (secondary N) is 1. The third kappa shape index (κ3) is 3.17. The van der Waals surface area contributed by atoms with E-state index in [2.05, 4.69) is 21.8 Å². The Morgan fingerprint density at radius 3 is 2.62 bits per heavy atom. The summed E-state index contributed by atoms with van der Waals surface area (Å²) in [4.78, 5) is 37.5. The van der Waals surface area contributed by atoms with E-state index in [1.54, 1.807) is 24.0 Å². The van der Waals surface area contributed by atoms with Crippen LogP contribution in [0.25, 0.3) is 10.9 Å². The zero-order chi connectivity index (χ0) is 22.6. The van der Waals surface area contributed by atoms with Gasteiger partial charge in [-0.1, -0.05) is 0 Å². The smallest absolute Gasteiger partial charge is 0.328 e. The van der Waals surface area contributed by atoms with E-state index in [-0.39, 0.29) is 30.7 Å². The zero-order valence-electron chi connectivity index (χ0n) is 18.9. The second-order valence-corrected chi connectivity index (χ2v) is 9.36. The quantitative estimate of drug-likeness (QED) is 0.716. The predicted octanol–water partition coefficient (Wildman–Crippen LogP) is 2.03. The van der Waals surface area contributed by atoms with E-state index < -0.39 is 11.4 Å². The number of rotatable bonds is 5. The third-order valence-electron chi connectivity index (χ3n) is 7.33. The molecule has 1 atom stereocenters. The molecule has 0 spiro atoms. The van der Waals surface area contributed by atoms with E-state index >= 15 is 4.39 Å². The lowest BCUT2D eigenvalue weighted by atomic mass is 9.86. The fraction of sp³-hybridized carbons (Fsp3) is 0.565. The van der Waals surface area contributed by atoms with Crippen LogP contribution in [0.3, 0.4) is 0 Å². The maximum atomic E-state index is 15.0. The second kappa shape index (κ2) is 7.74. The van der Waals surface area contributed by atoms with Crippen molar-refractivity contribution in [3.05, 3.63) is 29.2 Å². The average Bonchev–Trinajstić information content (AvgIpc) is 3.22. The topological polar surface area (TPSA) is 72.1 Å². The number of imide groups is 1. The van der Waals surface area contributed by atoms with Gasteiger partial charge in [0.25, 0.3) is 5.91 Å². The lowest BCUT2D eigenvalue weighted by molar-refractivity contribution is -0.133. The summed E-state index contributed by atoms with van der Waals surface area (Å²) in [6, 6.07) is 3.11. The number of likely N-dealkylation sites (N-methyl/N-ethyl adjacent to an activating group) is 1. The number of aromatic amines is 1. The minimum absolute atomic E-state index is 0.172. The maximum Gasteiger partial charge on any atom is 0.328 e. The third-order valence-corrected chi connectivity index (χ3v) is 7.33. The molecule has 9 heteroatoms. The van der Waals surface area contributed by atoms with Gasteiger partial charge in [0.15, 0.2) is 11.6 Å². The summed E-state index contributed by atoms with van der Waals surface area (Å²) in [6.07, 6.45) is 1.04. The van der Waals surface area contributed by atoms with Gasteiger partial charge >= 0.3 is 6.03 Å². The molecule has 4 heterocycles. The molecular weight excluding hydrogens is 413 g/mol. The number of piperazine rings is 1. The number of carbonyl (C=O) groups excluding carboxylic acids is 2. The predicted molar refractivity (Wildman–Crippen MR) is 118 cm³/mol. The van der Waals surface area contributed by atoms with Gasteiger partial charge in [-0.2, -0.15) is 0 Å². The van der Waals surface area contributed by atoms with Gasteiger partial charge in [-0.15, -0.1) is 0 Å². The summed E-state index contributed by atoms with van der Waals surface area (Å²) in [5, 5.41) is 0.453. The molecule has 32 heavy (non-hydrogen) atoms. The summed E-state index contributed by atoms with van der Waals surface area (Å²) in [7, 11) is 3.56. The largest absolute Gasteiger partial charge is 0.494 e. The molecule has 3 aliphatic heterocycles. The van der Waals surface area contributed by atoms with Crippen LogP contribution >= 0.6 is 0 Å². The number of methoxy groups -OCH3 is 1. The van der Waals surface area contributed by atoms with E-state index in [0.717, 1.165) is 50.4 Å². The van der Waals surface area contributed by atoms with Crippen molar-refractivity contribution in [3.8, 4) is 5.75 Å². The molecule has 0 bridgehead atoms. The maximum absolute atomic E-state index is 15.0. The zero-order valence-corrected chi connectivity index (χ0v) is 18.9. The molecule has 2 fully saturated rings. The van der Waals surface area contributed by atoms with Crippen LogP contribution in [0.2, 0.25) is 0 Å². The molecule has 1 aromatic heterocycles. The average molecular weight is 444 g/mol. The van der Waals surface area contributed by atoms with Gasteiger partial charge in [-0.05, 0) is 44.6 Å². The first-order chi connectivity index (χ1) is 15.3. The molecule has 172 valence electrons. The number of amides is 3. The molecule has 0 radical (unpaired) electrons. The number of carbonyl (C=O) groups is 2. The van der Waals surface area contributed by atoms with Crippen molar-refractivity contribution in [2.45, 2.75) is 31.8 Å². The van der Waals surface area contributed by atoms with E-state index in [9.17, 15) is 9.59 Å². The number of fused-ring (bicyclic) bond motifs is 4. The SMILES string of the molecule is COc1ccc2[nH]c3c(c2c1F)C[C@@]1(C)C(=O)N(CCCN2CCN(C)CC2)C(=O)N1C3.